The van der Waals surface area contributed by atoms with Gasteiger partial charge in [-0.2, -0.15) is 5.11 Å². The molecule has 0 radical (unpaired) electrons. The van der Waals surface area contributed by atoms with Gasteiger partial charge in [0.05, 0.1) is 6.61 Å². The van der Waals surface area contributed by atoms with Crippen molar-refractivity contribution in [2.75, 3.05) is 6.61 Å². The molecule has 0 spiro atoms. The minimum absolute atomic E-state index is 0.253. The van der Waals surface area contributed by atoms with Crippen LogP contribution in [0.5, 0.6) is 0 Å². The molecule has 1 aromatic heterocycles. The van der Waals surface area contributed by atoms with Crippen molar-refractivity contribution in [3.63, 3.8) is 0 Å². The second-order valence-electron chi connectivity index (χ2n) is 4.32. The molecule has 2 rings (SSSR count). The number of hydrogen-bond acceptors (Lipinski definition) is 6. The molecular weight excluding hydrogens is 254 g/mol. The summed E-state index contributed by atoms with van der Waals surface area (Å²) in [5.41, 5.74) is -0.605. The van der Waals surface area contributed by atoms with Crippen LogP contribution in [0.1, 0.15) is 18.2 Å². The standard InChI is InChI=1S/C10H15N5O4/c1-5-3-15(10(18)12-9(5)17)8-2-6(13-14-11)7(4-16)19-8/h3,6-8,16H,2,4H2,1H3,(H2,11,13)(H,12,17,18). The SMILES string of the molecule is Cc1cn(C2CC(N=NN)C(CO)O2)c(=O)[nH]c1=O. The molecule has 9 heteroatoms. The average Bonchev–Trinajstić information content (AvgIpc) is 2.77. The van der Waals surface area contributed by atoms with Crippen molar-refractivity contribution in [3.05, 3.63) is 32.6 Å². The molecular formula is C10H15N5O4. The molecule has 1 aliphatic rings. The summed E-state index contributed by atoms with van der Waals surface area (Å²) in [6.45, 7) is 1.33. The van der Waals surface area contributed by atoms with E-state index in [1.165, 1.54) is 10.8 Å². The minimum atomic E-state index is -0.615. The molecule has 0 aromatic carbocycles. The van der Waals surface area contributed by atoms with E-state index in [-0.39, 0.29) is 6.61 Å². The molecule has 0 bridgehead atoms. The summed E-state index contributed by atoms with van der Waals surface area (Å²) >= 11 is 0. The number of aromatic amines is 1. The van der Waals surface area contributed by atoms with Gasteiger partial charge in [-0.05, 0) is 6.92 Å². The molecule has 104 valence electrons. The summed E-state index contributed by atoms with van der Waals surface area (Å²) < 4.78 is 6.79. The monoisotopic (exact) mass is 269 g/mol. The first kappa shape index (κ1) is 13.4. The highest BCUT2D eigenvalue weighted by atomic mass is 16.5. The Bertz CT molecular complexity index is 592. The Hall–Kier alpha value is -2.00. The van der Waals surface area contributed by atoms with Gasteiger partial charge in [-0.1, -0.05) is 5.22 Å². The van der Waals surface area contributed by atoms with Gasteiger partial charge in [-0.3, -0.25) is 14.3 Å². The van der Waals surface area contributed by atoms with Crippen LogP contribution in [0.2, 0.25) is 0 Å². The molecule has 1 aliphatic heterocycles. The van der Waals surface area contributed by atoms with E-state index in [9.17, 15) is 14.7 Å². The lowest BCUT2D eigenvalue weighted by Crippen LogP contribution is -2.33. The summed E-state index contributed by atoms with van der Waals surface area (Å²) in [4.78, 5) is 25.2. The van der Waals surface area contributed by atoms with Crippen LogP contribution in [0, 0.1) is 6.92 Å². The lowest BCUT2D eigenvalue weighted by Gasteiger charge is -2.14. The zero-order chi connectivity index (χ0) is 14.0. The van der Waals surface area contributed by atoms with Gasteiger partial charge in [0.1, 0.15) is 18.4 Å². The molecule has 3 unspecified atom stereocenters. The highest BCUT2D eigenvalue weighted by Crippen LogP contribution is 2.29. The van der Waals surface area contributed by atoms with Crippen molar-refractivity contribution in [2.24, 2.45) is 16.2 Å². The number of ether oxygens (including phenoxy) is 1. The Morgan fingerprint density at radius 1 is 1.63 bits per heavy atom. The molecule has 3 atom stereocenters. The number of aliphatic hydroxyl groups excluding tert-OH is 1. The van der Waals surface area contributed by atoms with Crippen molar-refractivity contribution < 1.29 is 9.84 Å². The minimum Gasteiger partial charge on any atom is -0.394 e. The molecule has 1 aromatic rings. The van der Waals surface area contributed by atoms with Crippen LogP contribution in [0.15, 0.2) is 26.1 Å². The largest absolute Gasteiger partial charge is 0.394 e. The van der Waals surface area contributed by atoms with E-state index in [1.54, 1.807) is 6.92 Å². The predicted molar refractivity (Wildman–Crippen MR) is 64.5 cm³/mol. The average molecular weight is 269 g/mol. The van der Waals surface area contributed by atoms with Crippen LogP contribution in [0.25, 0.3) is 0 Å². The molecule has 0 saturated carbocycles. The number of nitrogens with two attached hydrogens (primary N) is 1. The second-order valence-corrected chi connectivity index (χ2v) is 4.32. The maximum atomic E-state index is 11.7. The van der Waals surface area contributed by atoms with Crippen LogP contribution in [-0.4, -0.2) is 33.4 Å². The number of hydrogen-bond donors (Lipinski definition) is 3. The maximum Gasteiger partial charge on any atom is 0.330 e. The van der Waals surface area contributed by atoms with Gasteiger partial charge >= 0.3 is 5.69 Å². The van der Waals surface area contributed by atoms with E-state index in [0.717, 1.165) is 0 Å². The third-order valence-corrected chi connectivity index (χ3v) is 3.06. The van der Waals surface area contributed by atoms with Crippen LogP contribution >= 0.6 is 0 Å². The van der Waals surface area contributed by atoms with Crippen molar-refractivity contribution >= 4 is 0 Å². The third kappa shape index (κ3) is 2.56. The summed E-state index contributed by atoms with van der Waals surface area (Å²) in [6, 6.07) is -0.417. The summed E-state index contributed by atoms with van der Waals surface area (Å²) in [7, 11) is 0. The van der Waals surface area contributed by atoms with Gasteiger partial charge in [0.25, 0.3) is 5.56 Å². The van der Waals surface area contributed by atoms with Crippen molar-refractivity contribution in [1.29, 1.82) is 0 Å². The van der Waals surface area contributed by atoms with Gasteiger partial charge in [0, 0.05) is 18.2 Å². The quantitative estimate of drug-likeness (QED) is 0.360. The van der Waals surface area contributed by atoms with Gasteiger partial charge in [0.2, 0.25) is 0 Å². The Morgan fingerprint density at radius 2 is 2.37 bits per heavy atom. The maximum absolute atomic E-state index is 11.7. The van der Waals surface area contributed by atoms with E-state index >= 15 is 0 Å². The third-order valence-electron chi connectivity index (χ3n) is 3.06. The van der Waals surface area contributed by atoms with Crippen LogP contribution in [-0.2, 0) is 4.74 Å². The van der Waals surface area contributed by atoms with Gasteiger partial charge < -0.3 is 15.7 Å². The smallest absolute Gasteiger partial charge is 0.330 e. The molecule has 19 heavy (non-hydrogen) atoms. The molecule has 2 heterocycles. The zero-order valence-electron chi connectivity index (χ0n) is 10.3. The van der Waals surface area contributed by atoms with Crippen molar-refractivity contribution in [1.82, 2.24) is 9.55 Å². The Labute approximate surface area is 107 Å². The highest BCUT2D eigenvalue weighted by molar-refractivity contribution is 5.02. The molecule has 9 nitrogen and oxygen atoms in total. The normalized spacial score (nSPS) is 27.2. The first-order valence-corrected chi connectivity index (χ1v) is 5.75. The molecule has 0 aliphatic carbocycles. The van der Waals surface area contributed by atoms with Gasteiger partial charge in [-0.15, -0.1) is 0 Å². The van der Waals surface area contributed by atoms with Crippen molar-refractivity contribution in [2.45, 2.75) is 31.7 Å². The number of H-pyrrole nitrogens is 1. The number of nitrogens with zero attached hydrogens (tertiary/aromatic N) is 3. The van der Waals surface area contributed by atoms with E-state index in [1.807, 2.05) is 0 Å². The molecule has 0 amide bonds. The molecule has 4 N–H and O–H groups in total. The number of aryl methyl sites for hydroxylation is 1. The van der Waals surface area contributed by atoms with Crippen molar-refractivity contribution in [3.8, 4) is 0 Å². The Morgan fingerprint density at radius 3 is 3.00 bits per heavy atom. The van der Waals surface area contributed by atoms with E-state index < -0.39 is 29.6 Å². The topological polar surface area (TPSA) is 135 Å². The van der Waals surface area contributed by atoms with Crippen LogP contribution in [0.4, 0.5) is 0 Å². The number of aliphatic hydroxyl groups is 1. The Balaban J connectivity index is 2.32. The van der Waals surface area contributed by atoms with Crippen LogP contribution < -0.4 is 17.1 Å². The highest BCUT2D eigenvalue weighted by Gasteiger charge is 2.36. The van der Waals surface area contributed by atoms with Gasteiger partial charge in [0.15, 0.2) is 0 Å². The molecule has 1 saturated heterocycles. The van der Waals surface area contributed by atoms with Gasteiger partial charge in [-0.25, -0.2) is 4.79 Å². The zero-order valence-corrected chi connectivity index (χ0v) is 10.3. The second kappa shape index (κ2) is 5.33. The van der Waals surface area contributed by atoms with E-state index in [0.29, 0.717) is 12.0 Å². The summed E-state index contributed by atoms with van der Waals surface area (Å²) in [5.74, 6) is 4.99. The van der Waals surface area contributed by atoms with E-state index in [2.05, 4.69) is 15.3 Å². The summed E-state index contributed by atoms with van der Waals surface area (Å²) in [5, 5.41) is 16.1. The lowest BCUT2D eigenvalue weighted by atomic mass is 10.1. The van der Waals surface area contributed by atoms with E-state index in [4.69, 9.17) is 10.6 Å². The first-order chi connectivity index (χ1) is 9.06. The molecule has 1 fully saturated rings. The fourth-order valence-electron chi connectivity index (χ4n) is 2.06. The van der Waals surface area contributed by atoms with Crippen LogP contribution in [0.3, 0.4) is 0 Å². The summed E-state index contributed by atoms with van der Waals surface area (Å²) in [6.07, 6.45) is 0.576. The lowest BCUT2D eigenvalue weighted by molar-refractivity contribution is -0.0274. The fraction of sp³-hybridized carbons (Fsp3) is 0.600. The number of rotatable bonds is 3. The number of nitrogens with one attached hydrogen (secondary N) is 1. The number of aromatic nitrogens is 2. The Kier molecular flexibility index (Phi) is 3.76. The predicted octanol–water partition coefficient (Wildman–Crippen LogP) is -1.18. The first-order valence-electron chi connectivity index (χ1n) is 5.75. The fourth-order valence-corrected chi connectivity index (χ4v) is 2.06.